The molecule has 1 heterocycles. The SMILES string of the molecule is CCc1ccc(C(O)CCCS(=O)(=O)CC)o1. The van der Waals surface area contributed by atoms with Gasteiger partial charge in [0.25, 0.3) is 0 Å². The molecule has 0 saturated heterocycles. The van der Waals surface area contributed by atoms with Crippen LogP contribution in [0, 0.1) is 0 Å². The number of aliphatic hydroxyl groups is 1. The van der Waals surface area contributed by atoms with Crippen molar-refractivity contribution in [1.29, 1.82) is 0 Å². The molecule has 1 N–H and O–H groups in total. The quantitative estimate of drug-likeness (QED) is 0.815. The van der Waals surface area contributed by atoms with E-state index in [-0.39, 0.29) is 11.5 Å². The van der Waals surface area contributed by atoms with E-state index in [1.807, 2.05) is 13.0 Å². The topological polar surface area (TPSA) is 67.5 Å². The molecular weight excluding hydrogens is 240 g/mol. The molecule has 0 aliphatic heterocycles. The highest BCUT2D eigenvalue weighted by Gasteiger charge is 2.14. The van der Waals surface area contributed by atoms with Crippen molar-refractivity contribution >= 4 is 9.84 Å². The van der Waals surface area contributed by atoms with E-state index >= 15 is 0 Å². The van der Waals surface area contributed by atoms with Crippen LogP contribution in [0.2, 0.25) is 0 Å². The summed E-state index contributed by atoms with van der Waals surface area (Å²) in [6, 6.07) is 3.58. The van der Waals surface area contributed by atoms with Gasteiger partial charge < -0.3 is 9.52 Å². The van der Waals surface area contributed by atoms with Crippen LogP contribution < -0.4 is 0 Å². The summed E-state index contributed by atoms with van der Waals surface area (Å²) in [5, 5.41) is 9.81. The van der Waals surface area contributed by atoms with Gasteiger partial charge in [-0.3, -0.25) is 0 Å². The Morgan fingerprint density at radius 3 is 2.59 bits per heavy atom. The van der Waals surface area contributed by atoms with Gasteiger partial charge in [-0.1, -0.05) is 13.8 Å². The third-order valence-corrected chi connectivity index (χ3v) is 4.52. The van der Waals surface area contributed by atoms with E-state index < -0.39 is 15.9 Å². The highest BCUT2D eigenvalue weighted by molar-refractivity contribution is 7.91. The molecule has 1 rings (SSSR count). The number of hydrogen-bond acceptors (Lipinski definition) is 4. The second-order valence-corrected chi connectivity index (χ2v) is 6.52. The molecule has 0 spiro atoms. The smallest absolute Gasteiger partial charge is 0.150 e. The molecule has 0 bridgehead atoms. The Hall–Kier alpha value is -0.810. The van der Waals surface area contributed by atoms with Gasteiger partial charge >= 0.3 is 0 Å². The number of rotatable bonds is 7. The molecule has 98 valence electrons. The third kappa shape index (κ3) is 4.52. The number of furan rings is 1. The Kier molecular flexibility index (Phi) is 5.21. The Morgan fingerprint density at radius 1 is 1.35 bits per heavy atom. The van der Waals surface area contributed by atoms with Crippen molar-refractivity contribution in [3.63, 3.8) is 0 Å². The van der Waals surface area contributed by atoms with Crippen LogP contribution in [-0.2, 0) is 16.3 Å². The van der Waals surface area contributed by atoms with Crippen LogP contribution in [0.4, 0.5) is 0 Å². The maximum atomic E-state index is 11.3. The van der Waals surface area contributed by atoms with E-state index in [1.54, 1.807) is 13.0 Å². The molecule has 0 amide bonds. The van der Waals surface area contributed by atoms with Crippen molar-refractivity contribution in [2.75, 3.05) is 11.5 Å². The van der Waals surface area contributed by atoms with Gasteiger partial charge in [-0.05, 0) is 25.0 Å². The fourth-order valence-corrected chi connectivity index (χ4v) is 2.44. The summed E-state index contributed by atoms with van der Waals surface area (Å²) >= 11 is 0. The van der Waals surface area contributed by atoms with Crippen LogP contribution in [0.5, 0.6) is 0 Å². The van der Waals surface area contributed by atoms with Crippen LogP contribution in [0.15, 0.2) is 16.5 Å². The summed E-state index contributed by atoms with van der Waals surface area (Å²) in [6.07, 6.45) is 0.953. The van der Waals surface area contributed by atoms with Gasteiger partial charge in [0, 0.05) is 12.2 Å². The Morgan fingerprint density at radius 2 is 2.06 bits per heavy atom. The van der Waals surface area contributed by atoms with Gasteiger partial charge in [0.2, 0.25) is 0 Å². The highest BCUT2D eigenvalue weighted by Crippen LogP contribution is 2.21. The lowest BCUT2D eigenvalue weighted by molar-refractivity contribution is 0.138. The normalized spacial score (nSPS) is 13.8. The molecule has 0 aliphatic carbocycles. The Labute approximate surface area is 103 Å². The van der Waals surface area contributed by atoms with Crippen molar-refractivity contribution in [1.82, 2.24) is 0 Å². The van der Waals surface area contributed by atoms with Gasteiger partial charge in [0.15, 0.2) is 0 Å². The molecule has 1 atom stereocenters. The van der Waals surface area contributed by atoms with E-state index in [9.17, 15) is 13.5 Å². The lowest BCUT2D eigenvalue weighted by Crippen LogP contribution is -2.09. The molecule has 0 saturated carbocycles. The summed E-state index contributed by atoms with van der Waals surface area (Å²) in [7, 11) is -2.94. The summed E-state index contributed by atoms with van der Waals surface area (Å²) < 4.78 is 27.9. The lowest BCUT2D eigenvalue weighted by atomic mass is 10.2. The van der Waals surface area contributed by atoms with E-state index in [1.165, 1.54) is 0 Å². The van der Waals surface area contributed by atoms with E-state index in [2.05, 4.69) is 0 Å². The predicted molar refractivity (Wildman–Crippen MR) is 66.6 cm³/mol. The molecule has 1 unspecified atom stereocenters. The average Bonchev–Trinajstić information content (AvgIpc) is 2.77. The number of sulfone groups is 1. The zero-order valence-electron chi connectivity index (χ0n) is 10.3. The van der Waals surface area contributed by atoms with Gasteiger partial charge in [-0.15, -0.1) is 0 Å². The molecule has 4 nitrogen and oxygen atoms in total. The molecule has 1 aromatic rings. The largest absolute Gasteiger partial charge is 0.463 e. The van der Waals surface area contributed by atoms with Gasteiger partial charge in [-0.25, -0.2) is 8.42 Å². The molecule has 1 aromatic heterocycles. The molecular formula is C12H20O4S. The first kappa shape index (κ1) is 14.3. The standard InChI is InChI=1S/C12H20O4S/c1-3-10-7-8-12(16-10)11(13)6-5-9-17(14,15)4-2/h7-8,11,13H,3-6,9H2,1-2H3. The van der Waals surface area contributed by atoms with Crippen LogP contribution in [0.25, 0.3) is 0 Å². The first-order chi connectivity index (χ1) is 7.98. The molecule has 0 fully saturated rings. The minimum Gasteiger partial charge on any atom is -0.463 e. The van der Waals surface area contributed by atoms with Gasteiger partial charge in [-0.2, -0.15) is 0 Å². The maximum absolute atomic E-state index is 11.3. The van der Waals surface area contributed by atoms with Crippen LogP contribution >= 0.6 is 0 Å². The first-order valence-electron chi connectivity index (χ1n) is 5.95. The maximum Gasteiger partial charge on any atom is 0.150 e. The Bertz CT molecular complexity index is 433. The molecule has 0 aliphatic rings. The Balaban J connectivity index is 2.42. The van der Waals surface area contributed by atoms with Crippen molar-refractivity contribution in [3.05, 3.63) is 23.7 Å². The van der Waals surface area contributed by atoms with Crippen molar-refractivity contribution in [2.45, 2.75) is 39.2 Å². The van der Waals surface area contributed by atoms with Crippen LogP contribution in [-0.4, -0.2) is 25.0 Å². The van der Waals surface area contributed by atoms with Crippen LogP contribution in [0.1, 0.15) is 44.3 Å². The molecule has 0 aromatic carbocycles. The van der Waals surface area contributed by atoms with Gasteiger partial charge in [0.05, 0.1) is 5.75 Å². The lowest BCUT2D eigenvalue weighted by Gasteiger charge is -2.07. The van der Waals surface area contributed by atoms with E-state index in [0.717, 1.165) is 12.2 Å². The minimum atomic E-state index is -2.94. The zero-order valence-corrected chi connectivity index (χ0v) is 11.2. The summed E-state index contributed by atoms with van der Waals surface area (Å²) in [4.78, 5) is 0. The number of aryl methyl sites for hydroxylation is 1. The zero-order chi connectivity index (χ0) is 12.9. The number of hydrogen-bond donors (Lipinski definition) is 1. The van der Waals surface area contributed by atoms with Crippen molar-refractivity contribution in [3.8, 4) is 0 Å². The van der Waals surface area contributed by atoms with Crippen molar-refractivity contribution < 1.29 is 17.9 Å². The predicted octanol–water partition coefficient (Wildman–Crippen LogP) is 2.09. The fourth-order valence-electron chi connectivity index (χ4n) is 1.55. The number of aliphatic hydroxyl groups excluding tert-OH is 1. The van der Waals surface area contributed by atoms with Crippen LogP contribution in [0.3, 0.4) is 0 Å². The summed E-state index contributed by atoms with van der Waals surface area (Å²) in [6.45, 7) is 3.61. The fraction of sp³-hybridized carbons (Fsp3) is 0.667. The average molecular weight is 260 g/mol. The summed E-state index contributed by atoms with van der Waals surface area (Å²) in [5.74, 6) is 1.64. The van der Waals surface area contributed by atoms with E-state index in [4.69, 9.17) is 4.42 Å². The van der Waals surface area contributed by atoms with E-state index in [0.29, 0.717) is 18.6 Å². The first-order valence-corrected chi connectivity index (χ1v) is 7.77. The summed E-state index contributed by atoms with van der Waals surface area (Å²) in [5.41, 5.74) is 0. The van der Waals surface area contributed by atoms with Crippen molar-refractivity contribution in [2.24, 2.45) is 0 Å². The molecule has 17 heavy (non-hydrogen) atoms. The third-order valence-electron chi connectivity index (χ3n) is 2.73. The molecule has 5 heteroatoms. The minimum absolute atomic E-state index is 0.127. The second kappa shape index (κ2) is 6.21. The highest BCUT2D eigenvalue weighted by atomic mass is 32.2. The molecule has 0 radical (unpaired) electrons. The monoisotopic (exact) mass is 260 g/mol. The van der Waals surface area contributed by atoms with Gasteiger partial charge in [0.1, 0.15) is 27.5 Å². The second-order valence-electron chi connectivity index (χ2n) is 4.05.